The minimum absolute atomic E-state index is 0.170. The average molecular weight is 371 g/mol. The second-order valence-electron chi connectivity index (χ2n) is 5.77. The second kappa shape index (κ2) is 8.14. The molecular weight excluding hydrogens is 350 g/mol. The fourth-order valence-corrected chi connectivity index (χ4v) is 3.28. The third kappa shape index (κ3) is 3.77. The van der Waals surface area contributed by atoms with Crippen molar-refractivity contribution in [1.82, 2.24) is 9.66 Å². The molecule has 0 bridgehead atoms. The molecule has 136 valence electrons. The summed E-state index contributed by atoms with van der Waals surface area (Å²) in [7, 11) is 1.60. The highest BCUT2D eigenvalue weighted by molar-refractivity contribution is 7.16. The summed E-state index contributed by atoms with van der Waals surface area (Å²) in [6.07, 6.45) is 3.68. The van der Waals surface area contributed by atoms with Gasteiger partial charge in [-0.15, -0.1) is 11.3 Å². The van der Waals surface area contributed by atoms with E-state index < -0.39 is 0 Å². The lowest BCUT2D eigenvalue weighted by atomic mass is 10.2. The lowest BCUT2D eigenvalue weighted by Gasteiger charge is -2.10. The Morgan fingerprint density at radius 3 is 2.92 bits per heavy atom. The fourth-order valence-electron chi connectivity index (χ4n) is 2.48. The molecule has 3 rings (SSSR count). The average Bonchev–Trinajstić information content (AvgIpc) is 3.11. The van der Waals surface area contributed by atoms with Gasteiger partial charge < -0.3 is 9.47 Å². The van der Waals surface area contributed by atoms with Crippen LogP contribution in [-0.2, 0) is 0 Å². The lowest BCUT2D eigenvalue weighted by molar-refractivity contribution is 0.288. The van der Waals surface area contributed by atoms with E-state index in [9.17, 15) is 4.79 Å². The SMILES string of the molecule is CCCCOc1ccc(C=Nn2c(C)nc3sccc3c2=O)cc1OC. The molecule has 0 saturated carbocycles. The van der Waals surface area contributed by atoms with Gasteiger partial charge in [-0.05, 0) is 48.6 Å². The number of hydrogen-bond donors (Lipinski definition) is 0. The van der Waals surface area contributed by atoms with E-state index in [1.54, 1.807) is 26.3 Å². The number of nitrogens with zero attached hydrogens (tertiary/aromatic N) is 3. The van der Waals surface area contributed by atoms with Gasteiger partial charge in [0.05, 0.1) is 25.3 Å². The number of fused-ring (bicyclic) bond motifs is 1. The third-order valence-corrected chi connectivity index (χ3v) is 4.71. The van der Waals surface area contributed by atoms with E-state index >= 15 is 0 Å². The first-order chi connectivity index (χ1) is 12.6. The van der Waals surface area contributed by atoms with Crippen molar-refractivity contribution in [3.63, 3.8) is 0 Å². The van der Waals surface area contributed by atoms with Crippen molar-refractivity contribution in [2.75, 3.05) is 13.7 Å². The van der Waals surface area contributed by atoms with Crippen LogP contribution < -0.4 is 15.0 Å². The molecule has 0 spiro atoms. The smallest absolute Gasteiger partial charge is 0.282 e. The first-order valence-corrected chi connectivity index (χ1v) is 9.34. The zero-order valence-electron chi connectivity index (χ0n) is 15.1. The van der Waals surface area contributed by atoms with E-state index in [4.69, 9.17) is 9.47 Å². The van der Waals surface area contributed by atoms with E-state index in [-0.39, 0.29) is 5.56 Å². The van der Waals surface area contributed by atoms with Gasteiger partial charge in [0.15, 0.2) is 11.5 Å². The standard InChI is InChI=1S/C19H21N3O3S/c1-4-5-9-25-16-7-6-14(11-17(16)24-3)12-20-22-13(2)21-18-15(19(22)23)8-10-26-18/h6-8,10-12H,4-5,9H2,1-3H3. The van der Waals surface area contributed by atoms with Crippen molar-refractivity contribution in [2.24, 2.45) is 5.10 Å². The maximum atomic E-state index is 12.5. The zero-order valence-corrected chi connectivity index (χ0v) is 15.9. The molecule has 0 fully saturated rings. The van der Waals surface area contributed by atoms with Crippen LogP contribution >= 0.6 is 11.3 Å². The van der Waals surface area contributed by atoms with Gasteiger partial charge in [0.2, 0.25) is 0 Å². The van der Waals surface area contributed by atoms with E-state index in [1.807, 2.05) is 23.6 Å². The van der Waals surface area contributed by atoms with Crippen LogP contribution in [0.1, 0.15) is 31.2 Å². The predicted octanol–water partition coefficient (Wildman–Crippen LogP) is 3.84. The number of aryl methyl sites for hydroxylation is 1. The summed E-state index contributed by atoms with van der Waals surface area (Å²) in [5.74, 6) is 1.89. The Kier molecular flexibility index (Phi) is 5.68. The largest absolute Gasteiger partial charge is 0.493 e. The van der Waals surface area contributed by atoms with Gasteiger partial charge in [-0.25, -0.2) is 4.98 Å². The summed E-state index contributed by atoms with van der Waals surface area (Å²) < 4.78 is 12.4. The van der Waals surface area contributed by atoms with Gasteiger partial charge in [0.25, 0.3) is 5.56 Å². The van der Waals surface area contributed by atoms with Crippen LogP contribution in [0.3, 0.4) is 0 Å². The predicted molar refractivity (Wildman–Crippen MR) is 105 cm³/mol. The minimum atomic E-state index is -0.170. The fraction of sp³-hybridized carbons (Fsp3) is 0.316. The Hall–Kier alpha value is -2.67. The molecule has 0 aliphatic heterocycles. The molecule has 7 heteroatoms. The van der Waals surface area contributed by atoms with Gasteiger partial charge in [0.1, 0.15) is 10.7 Å². The van der Waals surface area contributed by atoms with E-state index in [0.29, 0.717) is 29.3 Å². The van der Waals surface area contributed by atoms with Crippen molar-refractivity contribution >= 4 is 27.8 Å². The topological polar surface area (TPSA) is 65.7 Å². The van der Waals surface area contributed by atoms with E-state index in [2.05, 4.69) is 17.0 Å². The minimum Gasteiger partial charge on any atom is -0.493 e. The van der Waals surface area contributed by atoms with Crippen LogP contribution in [0.15, 0.2) is 39.5 Å². The normalized spacial score (nSPS) is 11.3. The summed E-state index contributed by atoms with van der Waals surface area (Å²) in [5.41, 5.74) is 0.637. The molecule has 0 atom stereocenters. The number of unbranched alkanes of at least 4 members (excludes halogenated alkanes) is 1. The number of thiophene rings is 1. The summed E-state index contributed by atoms with van der Waals surface area (Å²) in [4.78, 5) is 17.7. The Balaban J connectivity index is 1.88. The van der Waals surface area contributed by atoms with E-state index in [0.717, 1.165) is 23.2 Å². The molecule has 2 heterocycles. The molecule has 0 N–H and O–H groups in total. The van der Waals surface area contributed by atoms with Gasteiger partial charge in [-0.2, -0.15) is 9.78 Å². The van der Waals surface area contributed by atoms with Crippen LogP contribution in [0, 0.1) is 6.92 Å². The molecule has 2 aromatic heterocycles. The Labute approximate surface area is 155 Å². The molecule has 3 aromatic rings. The number of aromatic nitrogens is 2. The van der Waals surface area contributed by atoms with Crippen LogP contribution in [0.5, 0.6) is 11.5 Å². The highest BCUT2D eigenvalue weighted by atomic mass is 32.1. The molecule has 1 aromatic carbocycles. The Morgan fingerprint density at radius 1 is 1.31 bits per heavy atom. The van der Waals surface area contributed by atoms with Crippen LogP contribution in [-0.4, -0.2) is 29.6 Å². The lowest BCUT2D eigenvalue weighted by Crippen LogP contribution is -2.19. The van der Waals surface area contributed by atoms with Crippen molar-refractivity contribution in [1.29, 1.82) is 0 Å². The number of rotatable bonds is 7. The maximum absolute atomic E-state index is 12.5. The monoisotopic (exact) mass is 371 g/mol. The zero-order chi connectivity index (χ0) is 18.5. The number of methoxy groups -OCH3 is 1. The molecular formula is C19H21N3O3S. The van der Waals surface area contributed by atoms with Crippen molar-refractivity contribution in [3.8, 4) is 11.5 Å². The Bertz CT molecular complexity index is 991. The van der Waals surface area contributed by atoms with Crippen molar-refractivity contribution < 1.29 is 9.47 Å². The third-order valence-electron chi connectivity index (χ3n) is 3.90. The number of benzene rings is 1. The summed E-state index contributed by atoms with van der Waals surface area (Å²) in [6, 6.07) is 7.34. The molecule has 0 aliphatic rings. The summed E-state index contributed by atoms with van der Waals surface area (Å²) >= 11 is 1.45. The van der Waals surface area contributed by atoms with Gasteiger partial charge in [-0.1, -0.05) is 13.3 Å². The molecule has 26 heavy (non-hydrogen) atoms. The van der Waals surface area contributed by atoms with Crippen molar-refractivity contribution in [3.05, 3.63) is 51.4 Å². The number of hydrogen-bond acceptors (Lipinski definition) is 6. The van der Waals surface area contributed by atoms with Crippen molar-refractivity contribution in [2.45, 2.75) is 26.7 Å². The molecule has 0 aliphatic carbocycles. The summed E-state index contributed by atoms with van der Waals surface area (Å²) in [6.45, 7) is 4.54. The second-order valence-corrected chi connectivity index (χ2v) is 6.67. The van der Waals surface area contributed by atoms with Crippen LogP contribution in [0.25, 0.3) is 10.2 Å². The number of ether oxygens (including phenoxy) is 2. The Morgan fingerprint density at radius 2 is 2.15 bits per heavy atom. The van der Waals surface area contributed by atoms with Gasteiger partial charge >= 0.3 is 0 Å². The molecule has 0 unspecified atom stereocenters. The van der Waals surface area contributed by atoms with Gasteiger partial charge in [0, 0.05) is 0 Å². The highest BCUT2D eigenvalue weighted by Gasteiger charge is 2.08. The molecule has 6 nitrogen and oxygen atoms in total. The molecule has 0 amide bonds. The molecule has 0 saturated heterocycles. The summed E-state index contributed by atoms with van der Waals surface area (Å²) in [5, 5.41) is 6.75. The van der Waals surface area contributed by atoms with Crippen LogP contribution in [0.4, 0.5) is 0 Å². The quantitative estimate of drug-likeness (QED) is 0.468. The highest BCUT2D eigenvalue weighted by Crippen LogP contribution is 2.27. The molecule has 0 radical (unpaired) electrons. The maximum Gasteiger partial charge on any atom is 0.282 e. The van der Waals surface area contributed by atoms with E-state index in [1.165, 1.54) is 16.0 Å². The first-order valence-electron chi connectivity index (χ1n) is 8.46. The first kappa shape index (κ1) is 18.1. The van der Waals surface area contributed by atoms with Crippen LogP contribution in [0.2, 0.25) is 0 Å². The van der Waals surface area contributed by atoms with Gasteiger partial charge in [-0.3, -0.25) is 4.79 Å².